The molecule has 0 saturated carbocycles. The first-order chi connectivity index (χ1) is 17.9. The molecule has 182 valence electrons. The van der Waals surface area contributed by atoms with Crippen molar-refractivity contribution in [2.75, 3.05) is 5.73 Å². The van der Waals surface area contributed by atoms with Gasteiger partial charge < -0.3 is 5.73 Å². The average molecular weight is 543 g/mol. The number of hydrogen-bond acceptors (Lipinski definition) is 8. The molecule has 37 heavy (non-hydrogen) atoms. The van der Waals surface area contributed by atoms with Crippen LogP contribution in [0.3, 0.4) is 0 Å². The lowest BCUT2D eigenvalue weighted by Gasteiger charge is -2.20. The minimum Gasteiger partial charge on any atom is -0.396 e. The predicted octanol–water partition coefficient (Wildman–Crippen LogP) is 7.76. The number of nitrogens with zero attached hydrogens (tertiary/aromatic N) is 3. The van der Waals surface area contributed by atoms with Crippen molar-refractivity contribution < 1.29 is 13.0 Å². The molecule has 0 aliphatic carbocycles. The van der Waals surface area contributed by atoms with Gasteiger partial charge in [-0.05, 0) is 36.4 Å². The van der Waals surface area contributed by atoms with Gasteiger partial charge in [-0.15, -0.1) is 10.2 Å². The van der Waals surface area contributed by atoms with Gasteiger partial charge in [0.05, 0.1) is 17.6 Å². The van der Waals surface area contributed by atoms with E-state index in [2.05, 4.69) is 39.5 Å². The number of rotatable bonds is 4. The van der Waals surface area contributed by atoms with Crippen LogP contribution in [0.5, 0.6) is 0 Å². The summed E-state index contributed by atoms with van der Waals surface area (Å²) in [6, 6.07) is 26.1. The second-order valence-electron chi connectivity index (χ2n) is 8.21. The maximum absolute atomic E-state index is 12.0. The standard InChI is InChI=1S/C27H18N4O3S3/c28-26-18-7-2-1-6-17(18)25(37(32,33)34)14-21(26)31-30-16-12-13-20(29-15-16)19-8-5-11-24-27(19)36-23-10-4-3-9-22(23)35-24/h1-15H,28H2,(H,32,33,34)/b31-30+. The fourth-order valence-electron chi connectivity index (χ4n) is 4.11. The van der Waals surface area contributed by atoms with E-state index < -0.39 is 10.1 Å². The molecule has 1 aromatic heterocycles. The highest BCUT2D eigenvalue weighted by atomic mass is 32.2. The van der Waals surface area contributed by atoms with Crippen LogP contribution in [0.2, 0.25) is 0 Å². The van der Waals surface area contributed by atoms with Crippen molar-refractivity contribution in [2.24, 2.45) is 10.2 Å². The van der Waals surface area contributed by atoms with Gasteiger partial charge >= 0.3 is 0 Å². The normalized spacial score (nSPS) is 13.0. The Bertz CT molecular complexity index is 1820. The fourth-order valence-corrected chi connectivity index (χ4v) is 7.22. The molecule has 4 aromatic carbocycles. The highest BCUT2D eigenvalue weighted by Crippen LogP contribution is 2.51. The van der Waals surface area contributed by atoms with E-state index in [1.165, 1.54) is 20.8 Å². The van der Waals surface area contributed by atoms with Gasteiger partial charge in [0.1, 0.15) is 16.3 Å². The van der Waals surface area contributed by atoms with E-state index in [9.17, 15) is 13.0 Å². The largest absolute Gasteiger partial charge is 0.396 e. The monoisotopic (exact) mass is 542 g/mol. The summed E-state index contributed by atoms with van der Waals surface area (Å²) in [5.41, 5.74) is 8.96. The molecule has 0 atom stereocenters. The van der Waals surface area contributed by atoms with Crippen molar-refractivity contribution in [3.8, 4) is 11.3 Å². The molecule has 0 bridgehead atoms. The number of anilines is 1. The molecule has 7 nitrogen and oxygen atoms in total. The average Bonchev–Trinajstić information content (AvgIpc) is 2.91. The van der Waals surface area contributed by atoms with Gasteiger partial charge in [-0.25, -0.2) is 0 Å². The van der Waals surface area contributed by atoms with E-state index in [0.29, 0.717) is 16.5 Å². The molecular formula is C27H18N4O3S3. The summed E-state index contributed by atoms with van der Waals surface area (Å²) in [4.78, 5) is 9.15. The number of nitrogen functional groups attached to an aromatic ring is 1. The van der Waals surface area contributed by atoms with Crippen molar-refractivity contribution in [2.45, 2.75) is 24.5 Å². The molecule has 0 saturated heterocycles. The maximum Gasteiger partial charge on any atom is 0.295 e. The molecule has 1 aliphatic heterocycles. The summed E-state index contributed by atoms with van der Waals surface area (Å²) in [5, 5.41) is 9.17. The molecule has 0 spiro atoms. The highest BCUT2D eigenvalue weighted by molar-refractivity contribution is 8.05. The van der Waals surface area contributed by atoms with Crippen LogP contribution in [-0.4, -0.2) is 18.0 Å². The summed E-state index contributed by atoms with van der Waals surface area (Å²) in [5.74, 6) is 0. The SMILES string of the molecule is Nc1c(/N=N/c2ccc(-c3cccc4c3Sc3ccccc3S4)nc2)cc(S(=O)(=O)O)c2ccccc12. The zero-order valence-corrected chi connectivity index (χ0v) is 21.5. The third-order valence-corrected chi connectivity index (χ3v) is 9.37. The highest BCUT2D eigenvalue weighted by Gasteiger charge is 2.21. The molecule has 10 heteroatoms. The Kier molecular flexibility index (Phi) is 5.96. The first kappa shape index (κ1) is 23.7. The lowest BCUT2D eigenvalue weighted by atomic mass is 10.1. The zero-order chi connectivity index (χ0) is 25.6. The molecular weight excluding hydrogens is 525 g/mol. The van der Waals surface area contributed by atoms with Crippen molar-refractivity contribution >= 4 is 61.5 Å². The maximum atomic E-state index is 12.0. The number of hydrogen-bond donors (Lipinski definition) is 2. The van der Waals surface area contributed by atoms with Crippen LogP contribution in [0.15, 0.2) is 126 Å². The summed E-state index contributed by atoms with van der Waals surface area (Å²) in [6.07, 6.45) is 1.60. The van der Waals surface area contributed by atoms with Crippen LogP contribution in [-0.2, 0) is 10.1 Å². The first-order valence-electron chi connectivity index (χ1n) is 11.1. The number of azo groups is 1. The first-order valence-corrected chi connectivity index (χ1v) is 14.2. The molecule has 0 amide bonds. The van der Waals surface area contributed by atoms with E-state index >= 15 is 0 Å². The van der Waals surface area contributed by atoms with E-state index in [0.717, 1.165) is 16.2 Å². The molecule has 0 radical (unpaired) electrons. The Morgan fingerprint density at radius 3 is 2.22 bits per heavy atom. The molecule has 6 rings (SSSR count). The Morgan fingerprint density at radius 2 is 1.49 bits per heavy atom. The van der Waals surface area contributed by atoms with E-state index in [4.69, 9.17) is 5.73 Å². The van der Waals surface area contributed by atoms with Crippen molar-refractivity contribution in [3.05, 3.63) is 91.1 Å². The van der Waals surface area contributed by atoms with Crippen LogP contribution in [0.1, 0.15) is 0 Å². The van der Waals surface area contributed by atoms with Crippen LogP contribution < -0.4 is 5.73 Å². The van der Waals surface area contributed by atoms with Crippen molar-refractivity contribution in [1.82, 2.24) is 4.98 Å². The molecule has 1 aliphatic rings. The minimum absolute atomic E-state index is 0.139. The number of aromatic nitrogens is 1. The second kappa shape index (κ2) is 9.31. The van der Waals surface area contributed by atoms with Crippen LogP contribution in [0, 0.1) is 0 Å². The fraction of sp³-hybridized carbons (Fsp3) is 0. The van der Waals surface area contributed by atoms with Crippen LogP contribution in [0.4, 0.5) is 17.1 Å². The van der Waals surface area contributed by atoms with Crippen molar-refractivity contribution in [3.63, 3.8) is 0 Å². The van der Waals surface area contributed by atoms with Gasteiger partial charge in [0.25, 0.3) is 10.1 Å². The molecule has 5 aromatic rings. The number of fused-ring (bicyclic) bond motifs is 3. The Balaban J connectivity index is 1.33. The predicted molar refractivity (Wildman–Crippen MR) is 147 cm³/mol. The zero-order valence-electron chi connectivity index (χ0n) is 19.1. The summed E-state index contributed by atoms with van der Waals surface area (Å²) >= 11 is 3.49. The third-order valence-electron chi connectivity index (χ3n) is 5.86. The smallest absolute Gasteiger partial charge is 0.295 e. The topological polar surface area (TPSA) is 118 Å². The third kappa shape index (κ3) is 4.49. The van der Waals surface area contributed by atoms with Gasteiger partial charge in [-0.3, -0.25) is 9.54 Å². The van der Waals surface area contributed by atoms with Gasteiger partial charge in [-0.2, -0.15) is 8.42 Å². The number of pyridine rings is 1. The van der Waals surface area contributed by atoms with Gasteiger partial charge in [0.15, 0.2) is 0 Å². The summed E-state index contributed by atoms with van der Waals surface area (Å²) in [7, 11) is -4.49. The van der Waals surface area contributed by atoms with Crippen molar-refractivity contribution in [1.29, 1.82) is 0 Å². The quantitative estimate of drug-likeness (QED) is 0.133. The minimum atomic E-state index is -4.49. The molecule has 3 N–H and O–H groups in total. The van der Waals surface area contributed by atoms with E-state index in [1.54, 1.807) is 60.1 Å². The lowest BCUT2D eigenvalue weighted by molar-refractivity contribution is 0.484. The van der Waals surface area contributed by atoms with Gasteiger partial charge in [0.2, 0.25) is 0 Å². The van der Waals surface area contributed by atoms with Gasteiger partial charge in [-0.1, -0.05) is 72.1 Å². The van der Waals surface area contributed by atoms with E-state index in [1.807, 2.05) is 24.3 Å². The number of benzene rings is 4. The molecule has 0 fully saturated rings. The molecule has 2 heterocycles. The number of nitrogens with two attached hydrogens (primary N) is 1. The molecule has 0 unspecified atom stereocenters. The summed E-state index contributed by atoms with van der Waals surface area (Å²) < 4.78 is 33.6. The summed E-state index contributed by atoms with van der Waals surface area (Å²) in [6.45, 7) is 0. The Morgan fingerprint density at radius 1 is 0.784 bits per heavy atom. The van der Waals surface area contributed by atoms with Gasteiger partial charge in [0, 0.05) is 35.9 Å². The lowest BCUT2D eigenvalue weighted by Crippen LogP contribution is -2.01. The Hall–Kier alpha value is -3.70. The van der Waals surface area contributed by atoms with Crippen LogP contribution >= 0.6 is 23.5 Å². The second-order valence-corrected chi connectivity index (χ2v) is 11.7. The van der Waals surface area contributed by atoms with Crippen LogP contribution in [0.25, 0.3) is 22.0 Å². The van der Waals surface area contributed by atoms with E-state index in [-0.39, 0.29) is 16.3 Å². The Labute approximate surface area is 221 Å².